The summed E-state index contributed by atoms with van der Waals surface area (Å²) in [6.45, 7) is 2.51. The average molecular weight is 446 g/mol. The summed E-state index contributed by atoms with van der Waals surface area (Å²) >= 11 is 0. The van der Waals surface area contributed by atoms with Crippen molar-refractivity contribution < 1.29 is 33.8 Å². The third-order valence-electron chi connectivity index (χ3n) is 5.27. The Bertz CT molecular complexity index is 1070. The summed E-state index contributed by atoms with van der Waals surface area (Å²) in [6, 6.07) is 4.00. The third-order valence-corrected chi connectivity index (χ3v) is 5.27. The van der Waals surface area contributed by atoms with Crippen LogP contribution in [0, 0.1) is 5.92 Å². The highest BCUT2D eigenvalue weighted by Crippen LogP contribution is 2.30. The predicted octanol–water partition coefficient (Wildman–Crippen LogP) is -0.255. The Kier molecular flexibility index (Phi) is 7.07. The molecule has 2 unspecified atom stereocenters. The highest BCUT2D eigenvalue weighted by Gasteiger charge is 2.54. The van der Waals surface area contributed by atoms with E-state index < -0.39 is 53.9 Å². The molecule has 10 nitrogen and oxygen atoms in total. The molecule has 0 bridgehead atoms. The number of hydrogen-bond donors (Lipinski definition) is 4. The van der Waals surface area contributed by atoms with Crippen molar-refractivity contribution in [3.63, 3.8) is 0 Å². The van der Waals surface area contributed by atoms with Gasteiger partial charge in [0.15, 0.2) is 11.4 Å². The maximum atomic E-state index is 12.7. The number of ketones is 1. The van der Waals surface area contributed by atoms with Gasteiger partial charge in [0, 0.05) is 0 Å². The number of nitrogens with one attached hydrogen (secondary N) is 2. The van der Waals surface area contributed by atoms with Crippen LogP contribution in [0.25, 0.3) is 11.0 Å². The fourth-order valence-electron chi connectivity index (χ4n) is 3.36. The standard InChI is InChI=1S/C22H26N2O8/c1-12(2)7-15(19(28)22(10-26)11-32-22)23-21(30)16(8-25)24-20(29)14-9-31-17-6-4-3-5-13(17)18(14)27/h3-6,9,12,15-16,25-26H,7-8,10-11H2,1-2H3,(H,23,30)(H,24,29)/t15?,16-,22?/m0/s1. The first-order chi connectivity index (χ1) is 15.2. The van der Waals surface area contributed by atoms with Crippen LogP contribution >= 0.6 is 0 Å². The second kappa shape index (κ2) is 9.60. The summed E-state index contributed by atoms with van der Waals surface area (Å²) in [5, 5.41) is 24.1. The van der Waals surface area contributed by atoms with Gasteiger partial charge in [0.05, 0.1) is 31.2 Å². The van der Waals surface area contributed by atoms with E-state index in [1.165, 1.54) is 6.07 Å². The summed E-state index contributed by atoms with van der Waals surface area (Å²) in [6.07, 6.45) is 1.27. The van der Waals surface area contributed by atoms with E-state index in [9.17, 15) is 29.4 Å². The number of fused-ring (bicyclic) bond motifs is 1. The molecule has 1 aliphatic rings. The first kappa shape index (κ1) is 23.6. The van der Waals surface area contributed by atoms with Crippen LogP contribution in [0.1, 0.15) is 30.6 Å². The van der Waals surface area contributed by atoms with E-state index in [0.29, 0.717) is 5.58 Å². The molecule has 3 atom stereocenters. The predicted molar refractivity (Wildman–Crippen MR) is 113 cm³/mol. The van der Waals surface area contributed by atoms with Crippen LogP contribution in [0.5, 0.6) is 0 Å². The molecule has 3 rings (SSSR count). The molecule has 32 heavy (non-hydrogen) atoms. The number of benzene rings is 1. The normalized spacial score (nSPS) is 19.4. The zero-order chi connectivity index (χ0) is 23.5. The minimum atomic E-state index is -1.42. The Morgan fingerprint density at radius 1 is 1.12 bits per heavy atom. The molecule has 1 fully saturated rings. The lowest BCUT2D eigenvalue weighted by molar-refractivity contribution is -0.133. The summed E-state index contributed by atoms with van der Waals surface area (Å²) < 4.78 is 10.4. The Labute approximate surface area is 183 Å². The number of rotatable bonds is 10. The average Bonchev–Trinajstić information content (AvgIpc) is 3.57. The Morgan fingerprint density at radius 2 is 1.81 bits per heavy atom. The van der Waals surface area contributed by atoms with E-state index in [4.69, 9.17) is 9.15 Å². The van der Waals surface area contributed by atoms with Crippen LogP contribution in [0.3, 0.4) is 0 Å². The molecule has 0 spiro atoms. The number of Topliss-reactive ketones (excluding diaryl/α,β-unsaturated/α-hetero) is 1. The lowest BCUT2D eigenvalue weighted by Gasteiger charge is -2.24. The summed E-state index contributed by atoms with van der Waals surface area (Å²) in [5.74, 6) is -2.15. The molecule has 0 saturated carbocycles. The second-order valence-corrected chi connectivity index (χ2v) is 8.18. The fourth-order valence-corrected chi connectivity index (χ4v) is 3.36. The van der Waals surface area contributed by atoms with Crippen molar-refractivity contribution in [1.29, 1.82) is 0 Å². The van der Waals surface area contributed by atoms with Gasteiger partial charge in [0.2, 0.25) is 11.3 Å². The number of epoxide rings is 1. The molecular weight excluding hydrogens is 420 g/mol. The Balaban J connectivity index is 1.74. The van der Waals surface area contributed by atoms with Gasteiger partial charge in [-0.15, -0.1) is 0 Å². The molecule has 1 aromatic carbocycles. The van der Waals surface area contributed by atoms with E-state index in [2.05, 4.69) is 10.6 Å². The lowest BCUT2D eigenvalue weighted by Crippen LogP contribution is -2.56. The lowest BCUT2D eigenvalue weighted by atomic mass is 9.92. The highest BCUT2D eigenvalue weighted by molar-refractivity contribution is 6.01. The van der Waals surface area contributed by atoms with Gasteiger partial charge >= 0.3 is 0 Å². The monoisotopic (exact) mass is 446 g/mol. The summed E-state index contributed by atoms with van der Waals surface area (Å²) in [5.41, 5.74) is -1.92. The van der Waals surface area contributed by atoms with Crippen molar-refractivity contribution in [2.45, 2.75) is 38.0 Å². The third kappa shape index (κ3) is 4.87. The number of hydrogen-bond acceptors (Lipinski definition) is 8. The Hall–Kier alpha value is -3.08. The molecule has 4 N–H and O–H groups in total. The second-order valence-electron chi connectivity index (χ2n) is 8.18. The van der Waals surface area contributed by atoms with Crippen LogP contribution in [0.2, 0.25) is 0 Å². The van der Waals surface area contributed by atoms with Crippen LogP contribution in [-0.2, 0) is 14.3 Å². The topological polar surface area (TPSA) is 158 Å². The molecule has 1 aromatic heterocycles. The van der Waals surface area contributed by atoms with E-state index in [0.717, 1.165) is 6.26 Å². The minimum Gasteiger partial charge on any atom is -0.463 e. The Morgan fingerprint density at radius 3 is 2.41 bits per heavy atom. The van der Waals surface area contributed by atoms with Crippen LogP contribution < -0.4 is 16.1 Å². The molecule has 0 aliphatic carbocycles. The molecule has 172 valence electrons. The minimum absolute atomic E-state index is 0.0307. The smallest absolute Gasteiger partial charge is 0.259 e. The maximum absolute atomic E-state index is 12.7. The summed E-state index contributed by atoms with van der Waals surface area (Å²) in [7, 11) is 0. The number of aliphatic hydroxyl groups excluding tert-OH is 2. The van der Waals surface area contributed by atoms with Gasteiger partial charge in [0.25, 0.3) is 5.91 Å². The molecule has 2 amide bonds. The van der Waals surface area contributed by atoms with Crippen molar-refractivity contribution in [1.82, 2.24) is 10.6 Å². The zero-order valence-corrected chi connectivity index (χ0v) is 17.8. The van der Waals surface area contributed by atoms with Gasteiger partial charge in [-0.05, 0) is 24.5 Å². The van der Waals surface area contributed by atoms with Gasteiger partial charge in [-0.2, -0.15) is 0 Å². The van der Waals surface area contributed by atoms with Crippen molar-refractivity contribution in [3.05, 3.63) is 46.3 Å². The van der Waals surface area contributed by atoms with Crippen LogP contribution in [0.15, 0.2) is 39.7 Å². The quantitative estimate of drug-likeness (QED) is 0.364. The number of para-hydroxylation sites is 1. The largest absolute Gasteiger partial charge is 0.463 e. The van der Waals surface area contributed by atoms with Gasteiger partial charge in [-0.3, -0.25) is 19.2 Å². The van der Waals surface area contributed by atoms with Crippen molar-refractivity contribution >= 4 is 28.6 Å². The molecular formula is C22H26N2O8. The maximum Gasteiger partial charge on any atom is 0.259 e. The van der Waals surface area contributed by atoms with Gasteiger partial charge < -0.3 is 30.0 Å². The molecule has 1 aliphatic heterocycles. The molecule has 2 heterocycles. The van der Waals surface area contributed by atoms with E-state index in [1.54, 1.807) is 18.2 Å². The van der Waals surface area contributed by atoms with Gasteiger partial charge in [0.1, 0.15) is 23.5 Å². The molecule has 0 radical (unpaired) electrons. The molecule has 2 aromatic rings. The van der Waals surface area contributed by atoms with Crippen LogP contribution in [0.4, 0.5) is 0 Å². The van der Waals surface area contributed by atoms with Crippen molar-refractivity contribution in [2.24, 2.45) is 5.92 Å². The number of carbonyl (C=O) groups excluding carboxylic acids is 3. The fraction of sp³-hybridized carbons (Fsp3) is 0.455. The highest BCUT2D eigenvalue weighted by atomic mass is 16.6. The van der Waals surface area contributed by atoms with Crippen molar-refractivity contribution in [3.8, 4) is 0 Å². The number of carbonyl (C=O) groups is 3. The number of ether oxygens (including phenoxy) is 1. The SMILES string of the molecule is CC(C)CC(NC(=O)[C@H](CO)NC(=O)c1coc2ccccc2c1=O)C(=O)C1(CO)CO1. The van der Waals surface area contributed by atoms with Gasteiger partial charge in [-0.25, -0.2) is 0 Å². The summed E-state index contributed by atoms with van der Waals surface area (Å²) in [4.78, 5) is 50.7. The van der Waals surface area contributed by atoms with E-state index in [1.807, 2.05) is 13.8 Å². The van der Waals surface area contributed by atoms with Crippen LogP contribution in [-0.4, -0.2) is 65.3 Å². The zero-order valence-electron chi connectivity index (χ0n) is 17.8. The van der Waals surface area contributed by atoms with E-state index >= 15 is 0 Å². The molecule has 1 saturated heterocycles. The first-order valence-electron chi connectivity index (χ1n) is 10.2. The van der Waals surface area contributed by atoms with Gasteiger partial charge in [-0.1, -0.05) is 26.0 Å². The number of amides is 2. The van der Waals surface area contributed by atoms with E-state index in [-0.39, 0.29) is 29.9 Å². The molecule has 10 heteroatoms. The van der Waals surface area contributed by atoms with Crippen molar-refractivity contribution in [2.75, 3.05) is 19.8 Å². The number of aliphatic hydroxyl groups is 2. The first-order valence-corrected chi connectivity index (χ1v) is 10.2.